The van der Waals surface area contributed by atoms with Crippen LogP contribution in [0.3, 0.4) is 0 Å². The lowest BCUT2D eigenvalue weighted by molar-refractivity contribution is 0.108. The third kappa shape index (κ3) is 2.32. The highest BCUT2D eigenvalue weighted by Crippen LogP contribution is 2.72. The van der Waals surface area contributed by atoms with Gasteiger partial charge in [-0.15, -0.1) is 0 Å². The fraction of sp³-hybridized carbons (Fsp3) is 0.182. The number of benzene rings is 5. The Labute approximate surface area is 204 Å². The van der Waals surface area contributed by atoms with Gasteiger partial charge in [-0.1, -0.05) is 97.1 Å². The van der Waals surface area contributed by atoms with Crippen LogP contribution in [0.1, 0.15) is 51.1 Å². The third-order valence-electron chi connectivity index (χ3n) is 8.87. The number of hydrogen-bond donors (Lipinski definition) is 0. The normalized spacial score (nSPS) is 25.7. The van der Waals surface area contributed by atoms with Crippen LogP contribution in [-0.4, -0.2) is 0 Å². The molecule has 35 heavy (non-hydrogen) atoms. The van der Waals surface area contributed by atoms with Crippen molar-refractivity contribution >= 4 is 21.5 Å². The molecule has 0 N–H and O–H groups in total. The molecule has 11 rings (SSSR count). The van der Waals surface area contributed by atoms with Crippen molar-refractivity contribution in [2.24, 2.45) is 0 Å². The molecule has 4 heterocycles. The second kappa shape index (κ2) is 6.81. The largest absolute Gasteiger partial charge is 0.372 e. The van der Waals surface area contributed by atoms with Gasteiger partial charge in [0.1, 0.15) is 0 Å². The lowest BCUT2D eigenvalue weighted by atomic mass is 9.39. The molecule has 0 unspecified atom stereocenters. The summed E-state index contributed by atoms with van der Waals surface area (Å²) < 4.78 is 6.18. The molecule has 0 aromatic heterocycles. The summed E-state index contributed by atoms with van der Waals surface area (Å²) in [5.74, 6) is 0.438. The highest BCUT2D eigenvalue weighted by molar-refractivity contribution is 6.13. The first-order valence-electron chi connectivity index (χ1n) is 12.4. The van der Waals surface area contributed by atoms with Crippen molar-refractivity contribution in [3.8, 4) is 6.07 Å². The second-order valence-corrected chi connectivity index (χ2v) is 10.3. The minimum Gasteiger partial charge on any atom is -0.372 e. The lowest BCUT2D eigenvalue weighted by Crippen LogP contribution is -2.55. The summed E-state index contributed by atoms with van der Waals surface area (Å²) in [5, 5.41) is 16.3. The molecule has 4 atom stereocenters. The molecule has 1 fully saturated rings. The van der Waals surface area contributed by atoms with Crippen molar-refractivity contribution in [3.63, 3.8) is 0 Å². The summed E-state index contributed by atoms with van der Waals surface area (Å²) in [4.78, 5) is 0. The summed E-state index contributed by atoms with van der Waals surface area (Å²) in [6, 6.07) is 38.1. The van der Waals surface area contributed by atoms with E-state index in [2.05, 4.69) is 103 Å². The number of rotatable bonds is 1. The number of nitrogens with zero attached hydrogens (tertiary/aromatic N) is 1. The minimum atomic E-state index is -0.635. The van der Waals surface area contributed by atoms with E-state index in [1.54, 1.807) is 0 Å². The molecule has 6 aliphatic rings. The summed E-state index contributed by atoms with van der Waals surface area (Å²) in [5.41, 5.74) is 6.78. The number of fused-ring (bicyclic) bond motifs is 1. The van der Waals surface area contributed by atoms with Gasteiger partial charge in [-0.25, -0.2) is 0 Å². The Morgan fingerprint density at radius 3 is 2.40 bits per heavy atom. The average molecular weight is 450 g/mol. The van der Waals surface area contributed by atoms with Gasteiger partial charge < -0.3 is 4.74 Å². The summed E-state index contributed by atoms with van der Waals surface area (Å²) >= 11 is 0. The van der Waals surface area contributed by atoms with Crippen LogP contribution in [-0.2, 0) is 23.4 Å². The van der Waals surface area contributed by atoms with Crippen molar-refractivity contribution < 1.29 is 4.74 Å². The summed E-state index contributed by atoms with van der Waals surface area (Å²) in [6.45, 7) is 1.15. The summed E-state index contributed by atoms with van der Waals surface area (Å²) in [7, 11) is 0. The first kappa shape index (κ1) is 19.4. The van der Waals surface area contributed by atoms with Crippen molar-refractivity contribution in [2.45, 2.75) is 36.4 Å². The Morgan fingerprint density at radius 1 is 0.714 bits per heavy atom. The molecule has 5 aromatic carbocycles. The smallest absolute Gasteiger partial charge is 0.0971 e. The Morgan fingerprint density at radius 2 is 1.57 bits per heavy atom. The molecule has 0 amide bonds. The zero-order chi connectivity index (χ0) is 23.1. The van der Waals surface area contributed by atoms with Gasteiger partial charge in [0.25, 0.3) is 0 Å². The first-order valence-corrected chi connectivity index (χ1v) is 12.4. The monoisotopic (exact) mass is 449 g/mol. The molecule has 5 aromatic rings. The van der Waals surface area contributed by atoms with E-state index in [-0.39, 0.29) is 17.8 Å². The molecule has 0 spiro atoms. The predicted octanol–water partition coefficient (Wildman–Crippen LogP) is 7.46. The van der Waals surface area contributed by atoms with Gasteiger partial charge in [0.2, 0.25) is 0 Å². The van der Waals surface area contributed by atoms with Crippen LogP contribution < -0.4 is 0 Å². The molecule has 4 aliphatic heterocycles. The zero-order valence-corrected chi connectivity index (χ0v) is 19.2. The Balaban J connectivity index is 1.55. The van der Waals surface area contributed by atoms with Crippen LogP contribution >= 0.6 is 0 Å². The van der Waals surface area contributed by atoms with Crippen LogP contribution in [0.15, 0.2) is 97.1 Å². The molecular weight excluding hydrogens is 426 g/mol. The maximum atomic E-state index is 11.1. The van der Waals surface area contributed by atoms with Crippen molar-refractivity contribution in [3.05, 3.63) is 130 Å². The standard InChI is InChI=1S/C33H23NO/c34-19-33-24-13-9-20(10-14-24)17-35-18-23-12-16-27-29-25(23)15-11-21-7-4-8-26(28(21)29)30(32(27)33)31(33)22-5-2-1-3-6-22/h1-16,30-32H,17-18H2/t30-,31-,32-,33+/m0/s1. The van der Waals surface area contributed by atoms with E-state index >= 15 is 0 Å². The third-order valence-corrected chi connectivity index (χ3v) is 8.87. The topological polar surface area (TPSA) is 33.0 Å². The highest BCUT2D eigenvalue weighted by Gasteiger charge is 2.66. The SMILES string of the molecule is N#C[C@@]12c3ccc(cc3)COCc3ccc4c5c3ccc3cccc(c35)[C@@H]([C@@H]1c1ccccc1)[C@H]42. The van der Waals surface area contributed by atoms with Crippen LogP contribution in [0, 0.1) is 11.3 Å². The van der Waals surface area contributed by atoms with E-state index in [4.69, 9.17) is 4.74 Å². The van der Waals surface area contributed by atoms with Crippen molar-refractivity contribution in [1.82, 2.24) is 0 Å². The highest BCUT2D eigenvalue weighted by atomic mass is 16.5. The molecule has 166 valence electrons. The van der Waals surface area contributed by atoms with Gasteiger partial charge in [-0.3, -0.25) is 0 Å². The molecule has 2 aliphatic carbocycles. The fourth-order valence-electron chi connectivity index (χ4n) is 7.48. The molecular formula is C33H23NO. The van der Waals surface area contributed by atoms with E-state index in [1.165, 1.54) is 43.8 Å². The average Bonchev–Trinajstić information content (AvgIpc) is 2.91. The Hall–Kier alpha value is -3.93. The predicted molar refractivity (Wildman–Crippen MR) is 138 cm³/mol. The molecule has 1 saturated carbocycles. The molecule has 6 bridgehead atoms. The molecule has 0 radical (unpaired) electrons. The maximum Gasteiger partial charge on any atom is 0.0971 e. The zero-order valence-electron chi connectivity index (χ0n) is 19.2. The van der Waals surface area contributed by atoms with Crippen LogP contribution in [0.25, 0.3) is 21.5 Å². The first-order chi connectivity index (χ1) is 17.3. The van der Waals surface area contributed by atoms with Gasteiger partial charge in [0, 0.05) is 17.8 Å². The van der Waals surface area contributed by atoms with Gasteiger partial charge in [0.05, 0.1) is 24.7 Å². The minimum absolute atomic E-state index is 0.0830. The number of ether oxygens (including phenoxy) is 1. The van der Waals surface area contributed by atoms with E-state index in [9.17, 15) is 5.26 Å². The van der Waals surface area contributed by atoms with Crippen molar-refractivity contribution in [2.75, 3.05) is 0 Å². The van der Waals surface area contributed by atoms with E-state index in [0.29, 0.717) is 13.2 Å². The van der Waals surface area contributed by atoms with Crippen LogP contribution in [0.5, 0.6) is 0 Å². The van der Waals surface area contributed by atoms with Crippen molar-refractivity contribution in [1.29, 1.82) is 5.26 Å². The Bertz CT molecular complexity index is 1700. The fourth-order valence-corrected chi connectivity index (χ4v) is 7.48. The van der Waals surface area contributed by atoms with Gasteiger partial charge in [0.15, 0.2) is 0 Å². The quantitative estimate of drug-likeness (QED) is 0.249. The number of nitriles is 1. The summed E-state index contributed by atoms with van der Waals surface area (Å²) in [6.07, 6.45) is 0. The second-order valence-electron chi connectivity index (χ2n) is 10.3. The van der Waals surface area contributed by atoms with Crippen LogP contribution in [0.2, 0.25) is 0 Å². The Kier molecular flexibility index (Phi) is 3.77. The van der Waals surface area contributed by atoms with Gasteiger partial charge in [-0.05, 0) is 54.9 Å². The van der Waals surface area contributed by atoms with Gasteiger partial charge in [-0.2, -0.15) is 5.26 Å². The van der Waals surface area contributed by atoms with Crippen LogP contribution in [0.4, 0.5) is 0 Å². The lowest BCUT2D eigenvalue weighted by Gasteiger charge is -2.60. The number of hydrogen-bond acceptors (Lipinski definition) is 2. The molecule has 2 heteroatoms. The molecule has 2 nitrogen and oxygen atoms in total. The van der Waals surface area contributed by atoms with E-state index in [1.807, 2.05) is 0 Å². The van der Waals surface area contributed by atoms with E-state index in [0.717, 1.165) is 11.1 Å². The molecule has 0 saturated heterocycles. The van der Waals surface area contributed by atoms with Gasteiger partial charge >= 0.3 is 0 Å². The maximum absolute atomic E-state index is 11.1. The van der Waals surface area contributed by atoms with E-state index < -0.39 is 5.41 Å².